The lowest BCUT2D eigenvalue weighted by Gasteiger charge is -2.13. The summed E-state index contributed by atoms with van der Waals surface area (Å²) in [5.74, 6) is 0.646. The van der Waals surface area contributed by atoms with Crippen molar-refractivity contribution < 1.29 is 17.5 Å². The number of aromatic nitrogens is 3. The van der Waals surface area contributed by atoms with Crippen molar-refractivity contribution in [2.45, 2.75) is 20.8 Å². The predicted molar refractivity (Wildman–Crippen MR) is 93.5 cm³/mol. The Labute approximate surface area is 144 Å². The molecule has 2 N–H and O–H groups in total. The lowest BCUT2D eigenvalue weighted by atomic mass is 10.1. The standard InChI is InChI=1S/C16H15N3O.H2O4S/c1-10-6-7-14(11(2)9-10)19-12(3)18-15-13(16(19)20)5-4-8-17-15;1-5(2,3)4/h4-9H,1-3H3;(H2,1,2,3,4). The van der Waals surface area contributed by atoms with Gasteiger partial charge in [0.15, 0.2) is 5.65 Å². The molecule has 0 radical (unpaired) electrons. The molecule has 8 nitrogen and oxygen atoms in total. The molecule has 0 aliphatic carbocycles. The van der Waals surface area contributed by atoms with E-state index >= 15 is 0 Å². The molecule has 0 bridgehead atoms. The van der Waals surface area contributed by atoms with Crippen molar-refractivity contribution in [1.29, 1.82) is 0 Å². The van der Waals surface area contributed by atoms with Crippen LogP contribution in [0.3, 0.4) is 0 Å². The summed E-state index contributed by atoms with van der Waals surface area (Å²) in [6.45, 7) is 5.87. The number of aryl methyl sites for hydroxylation is 3. The van der Waals surface area contributed by atoms with Crippen LogP contribution in [0.15, 0.2) is 41.3 Å². The molecule has 0 unspecified atom stereocenters. The SMILES string of the molecule is Cc1ccc(-n2c(C)nc3ncccc3c2=O)c(C)c1.O=S(=O)(O)O. The third-order valence-electron chi connectivity index (χ3n) is 3.40. The van der Waals surface area contributed by atoms with Crippen LogP contribution in [0.4, 0.5) is 0 Å². The Morgan fingerprint density at radius 2 is 1.72 bits per heavy atom. The maximum atomic E-state index is 12.7. The van der Waals surface area contributed by atoms with E-state index < -0.39 is 10.4 Å². The van der Waals surface area contributed by atoms with Crippen molar-refractivity contribution in [3.05, 3.63) is 63.8 Å². The molecule has 0 aliphatic heterocycles. The number of rotatable bonds is 1. The minimum absolute atomic E-state index is 0.0763. The molecule has 2 aromatic heterocycles. The van der Waals surface area contributed by atoms with Gasteiger partial charge in [-0.25, -0.2) is 9.97 Å². The Morgan fingerprint density at radius 1 is 1.08 bits per heavy atom. The van der Waals surface area contributed by atoms with Crippen LogP contribution in [0, 0.1) is 20.8 Å². The molecule has 0 amide bonds. The van der Waals surface area contributed by atoms with E-state index in [1.807, 2.05) is 32.9 Å². The topological polar surface area (TPSA) is 122 Å². The maximum Gasteiger partial charge on any atom is 0.394 e. The molecule has 0 saturated carbocycles. The fraction of sp³-hybridized carbons (Fsp3) is 0.188. The minimum Gasteiger partial charge on any atom is -0.268 e. The smallest absolute Gasteiger partial charge is 0.268 e. The molecule has 132 valence electrons. The van der Waals surface area contributed by atoms with Gasteiger partial charge >= 0.3 is 10.4 Å². The normalized spacial score (nSPS) is 11.1. The van der Waals surface area contributed by atoms with Gasteiger partial charge in [-0.15, -0.1) is 0 Å². The average molecular weight is 363 g/mol. The second-order valence-corrected chi connectivity index (χ2v) is 6.31. The highest BCUT2D eigenvalue weighted by Crippen LogP contribution is 2.16. The average Bonchev–Trinajstić information content (AvgIpc) is 2.47. The van der Waals surface area contributed by atoms with E-state index in [1.54, 1.807) is 22.9 Å². The van der Waals surface area contributed by atoms with Crippen molar-refractivity contribution in [1.82, 2.24) is 14.5 Å². The molecule has 0 saturated heterocycles. The second kappa shape index (κ2) is 7.09. The Kier molecular flexibility index (Phi) is 5.31. The van der Waals surface area contributed by atoms with Crippen molar-refractivity contribution in [3.63, 3.8) is 0 Å². The molecule has 9 heteroatoms. The highest BCUT2D eigenvalue weighted by Gasteiger charge is 2.11. The van der Waals surface area contributed by atoms with E-state index in [-0.39, 0.29) is 5.56 Å². The molecule has 0 aliphatic rings. The number of pyridine rings is 1. The monoisotopic (exact) mass is 363 g/mol. The molecule has 1 aromatic carbocycles. The number of hydrogen-bond donors (Lipinski definition) is 2. The van der Waals surface area contributed by atoms with Gasteiger partial charge < -0.3 is 0 Å². The van der Waals surface area contributed by atoms with E-state index in [2.05, 4.69) is 16.0 Å². The van der Waals surface area contributed by atoms with Gasteiger partial charge in [0.2, 0.25) is 0 Å². The Hall–Kier alpha value is -2.62. The molecule has 2 heterocycles. The van der Waals surface area contributed by atoms with E-state index in [0.717, 1.165) is 11.3 Å². The van der Waals surface area contributed by atoms with Crippen LogP contribution in [-0.2, 0) is 10.4 Å². The first-order valence-electron chi connectivity index (χ1n) is 7.20. The van der Waals surface area contributed by atoms with Crippen LogP contribution < -0.4 is 5.56 Å². The van der Waals surface area contributed by atoms with Gasteiger partial charge in [0.1, 0.15) is 5.82 Å². The van der Waals surface area contributed by atoms with Gasteiger partial charge in [0.25, 0.3) is 5.56 Å². The lowest BCUT2D eigenvalue weighted by Crippen LogP contribution is -2.23. The molecular weight excluding hydrogens is 346 g/mol. The summed E-state index contributed by atoms with van der Waals surface area (Å²) in [6, 6.07) is 9.55. The van der Waals surface area contributed by atoms with Gasteiger partial charge in [0, 0.05) is 6.20 Å². The Balaban J connectivity index is 0.000000399. The molecule has 25 heavy (non-hydrogen) atoms. The highest BCUT2D eigenvalue weighted by molar-refractivity contribution is 7.79. The number of nitrogens with zero attached hydrogens (tertiary/aromatic N) is 3. The van der Waals surface area contributed by atoms with Crippen LogP contribution in [0.5, 0.6) is 0 Å². The molecule has 3 rings (SSSR count). The first-order chi connectivity index (χ1) is 11.6. The van der Waals surface area contributed by atoms with Gasteiger partial charge in [-0.2, -0.15) is 8.42 Å². The molecule has 0 spiro atoms. The second-order valence-electron chi connectivity index (χ2n) is 5.41. The summed E-state index contributed by atoms with van der Waals surface area (Å²) in [7, 11) is -4.67. The summed E-state index contributed by atoms with van der Waals surface area (Å²) >= 11 is 0. The zero-order chi connectivity index (χ0) is 18.8. The Morgan fingerprint density at radius 3 is 2.32 bits per heavy atom. The summed E-state index contributed by atoms with van der Waals surface area (Å²) in [4.78, 5) is 21.2. The number of benzene rings is 1. The third-order valence-corrected chi connectivity index (χ3v) is 3.40. The minimum atomic E-state index is -4.67. The zero-order valence-electron chi connectivity index (χ0n) is 13.8. The quantitative estimate of drug-likeness (QED) is 0.634. The van der Waals surface area contributed by atoms with Crippen molar-refractivity contribution >= 4 is 21.4 Å². The largest absolute Gasteiger partial charge is 0.394 e. The van der Waals surface area contributed by atoms with Gasteiger partial charge in [0.05, 0.1) is 11.1 Å². The van der Waals surface area contributed by atoms with Gasteiger partial charge in [-0.05, 0) is 44.5 Å². The van der Waals surface area contributed by atoms with Crippen LogP contribution >= 0.6 is 0 Å². The fourth-order valence-corrected chi connectivity index (χ4v) is 2.46. The molecule has 3 aromatic rings. The highest BCUT2D eigenvalue weighted by atomic mass is 32.3. The zero-order valence-corrected chi connectivity index (χ0v) is 14.6. The van der Waals surface area contributed by atoms with Crippen LogP contribution in [0.1, 0.15) is 17.0 Å². The third kappa shape index (κ3) is 4.69. The van der Waals surface area contributed by atoms with Crippen molar-refractivity contribution in [2.24, 2.45) is 0 Å². The van der Waals surface area contributed by atoms with E-state index in [1.165, 1.54) is 5.56 Å². The lowest BCUT2D eigenvalue weighted by molar-refractivity contribution is 0.381. The molecule has 0 atom stereocenters. The first-order valence-corrected chi connectivity index (χ1v) is 8.59. The predicted octanol–water partition coefficient (Wildman–Crippen LogP) is 2.05. The summed E-state index contributed by atoms with van der Waals surface area (Å²) in [6.07, 6.45) is 1.65. The van der Waals surface area contributed by atoms with Crippen LogP contribution in [-0.4, -0.2) is 32.1 Å². The first kappa shape index (κ1) is 18.7. The van der Waals surface area contributed by atoms with Gasteiger partial charge in [-0.1, -0.05) is 17.7 Å². The maximum absolute atomic E-state index is 12.7. The fourth-order valence-electron chi connectivity index (χ4n) is 2.46. The van der Waals surface area contributed by atoms with Crippen LogP contribution in [0.25, 0.3) is 16.7 Å². The molecule has 0 fully saturated rings. The summed E-state index contributed by atoms with van der Waals surface area (Å²) in [5.41, 5.74) is 3.52. The van der Waals surface area contributed by atoms with Gasteiger partial charge in [-0.3, -0.25) is 18.5 Å². The Bertz CT molecular complexity index is 1080. The number of fused-ring (bicyclic) bond motifs is 1. The van der Waals surface area contributed by atoms with E-state index in [4.69, 9.17) is 17.5 Å². The van der Waals surface area contributed by atoms with Crippen molar-refractivity contribution in [3.8, 4) is 5.69 Å². The number of hydrogen-bond acceptors (Lipinski definition) is 5. The van der Waals surface area contributed by atoms with Crippen molar-refractivity contribution in [2.75, 3.05) is 0 Å². The van der Waals surface area contributed by atoms with E-state index in [0.29, 0.717) is 16.9 Å². The summed E-state index contributed by atoms with van der Waals surface area (Å²) in [5, 5.41) is 0.540. The van der Waals surface area contributed by atoms with E-state index in [9.17, 15) is 4.79 Å². The van der Waals surface area contributed by atoms with Crippen LogP contribution in [0.2, 0.25) is 0 Å². The molecular formula is C16H17N3O5S. The summed E-state index contributed by atoms with van der Waals surface area (Å²) < 4.78 is 33.2.